The van der Waals surface area contributed by atoms with Gasteiger partial charge in [0.2, 0.25) is 0 Å². The van der Waals surface area contributed by atoms with Gasteiger partial charge in [-0.05, 0) is 44.5 Å². The fourth-order valence-electron chi connectivity index (χ4n) is 2.94. The van der Waals surface area contributed by atoms with Gasteiger partial charge in [-0.2, -0.15) is 0 Å². The Balaban J connectivity index is 1.91. The first kappa shape index (κ1) is 16.9. The van der Waals surface area contributed by atoms with Crippen molar-refractivity contribution in [2.45, 2.75) is 33.8 Å². The number of benzene rings is 1. The minimum Gasteiger partial charge on any atom is -0.385 e. The number of hydrogen-bond acceptors (Lipinski definition) is 4. The van der Waals surface area contributed by atoms with Gasteiger partial charge >= 0.3 is 0 Å². The average molecular weight is 340 g/mol. The maximum absolute atomic E-state index is 12.6. The van der Waals surface area contributed by atoms with Crippen LogP contribution in [0.4, 0.5) is 5.69 Å². The van der Waals surface area contributed by atoms with Crippen LogP contribution in [-0.2, 0) is 0 Å². The van der Waals surface area contributed by atoms with Crippen molar-refractivity contribution in [3.05, 3.63) is 46.5 Å². The zero-order valence-electron chi connectivity index (χ0n) is 14.5. The third kappa shape index (κ3) is 3.06. The van der Waals surface area contributed by atoms with Crippen LogP contribution in [0.15, 0.2) is 18.2 Å². The number of imidazole rings is 1. The van der Waals surface area contributed by atoms with Gasteiger partial charge in [0.15, 0.2) is 5.78 Å². The number of aromatic nitrogens is 3. The van der Waals surface area contributed by atoms with E-state index in [0.717, 1.165) is 5.52 Å². The molecule has 1 unspecified atom stereocenters. The number of aromatic amines is 2. The molecule has 0 saturated carbocycles. The van der Waals surface area contributed by atoms with Crippen molar-refractivity contribution in [2.75, 3.05) is 5.32 Å². The summed E-state index contributed by atoms with van der Waals surface area (Å²) in [5.41, 5.74) is 4.25. The molecular formula is C18H20N4O3. The smallest absolute Gasteiger partial charge is 0.257 e. The Bertz CT molecular complexity index is 982. The summed E-state index contributed by atoms with van der Waals surface area (Å²) in [6, 6.07) is 5.27. The van der Waals surface area contributed by atoms with Crippen LogP contribution in [0.2, 0.25) is 0 Å². The molecule has 1 amide bonds. The number of aliphatic hydroxyl groups is 1. The predicted octanol–water partition coefficient (Wildman–Crippen LogP) is 3.02. The van der Waals surface area contributed by atoms with Gasteiger partial charge in [-0.3, -0.25) is 9.59 Å². The lowest BCUT2D eigenvalue weighted by atomic mass is 10.1. The molecule has 1 aromatic carbocycles. The van der Waals surface area contributed by atoms with Crippen LogP contribution in [0.3, 0.4) is 0 Å². The van der Waals surface area contributed by atoms with Crippen molar-refractivity contribution in [1.29, 1.82) is 0 Å². The summed E-state index contributed by atoms with van der Waals surface area (Å²) in [5, 5.41) is 12.4. The SMILES string of the molecule is CC(=O)c1[nH]c(C)c(C(=O)Nc2ccc3nc(C(C)O)[nH]c3c2)c1C. The number of carbonyl (C=O) groups excluding carboxylic acids is 2. The molecule has 7 nitrogen and oxygen atoms in total. The van der Waals surface area contributed by atoms with Gasteiger partial charge in [0, 0.05) is 18.3 Å². The number of anilines is 1. The first-order valence-electron chi connectivity index (χ1n) is 7.97. The Morgan fingerprint density at radius 2 is 1.96 bits per heavy atom. The zero-order chi connectivity index (χ0) is 18.3. The van der Waals surface area contributed by atoms with Crippen molar-refractivity contribution >= 4 is 28.4 Å². The van der Waals surface area contributed by atoms with E-state index in [-0.39, 0.29) is 11.7 Å². The van der Waals surface area contributed by atoms with Gasteiger partial charge in [0.1, 0.15) is 11.9 Å². The van der Waals surface area contributed by atoms with E-state index in [1.54, 1.807) is 39.0 Å². The number of Topliss-reactive ketones (excluding diaryl/α,β-unsaturated/α-hetero) is 1. The summed E-state index contributed by atoms with van der Waals surface area (Å²) < 4.78 is 0. The molecule has 3 rings (SSSR count). The van der Waals surface area contributed by atoms with Gasteiger partial charge in [-0.1, -0.05) is 0 Å². The third-order valence-corrected chi connectivity index (χ3v) is 4.17. The Kier molecular flexibility index (Phi) is 4.18. The number of hydrogen-bond donors (Lipinski definition) is 4. The molecule has 0 aliphatic rings. The van der Waals surface area contributed by atoms with E-state index in [2.05, 4.69) is 20.3 Å². The highest BCUT2D eigenvalue weighted by Crippen LogP contribution is 2.23. The Morgan fingerprint density at radius 3 is 2.56 bits per heavy atom. The summed E-state index contributed by atoms with van der Waals surface area (Å²) >= 11 is 0. The minimum atomic E-state index is -0.694. The molecule has 3 aromatic rings. The third-order valence-electron chi connectivity index (χ3n) is 4.17. The molecule has 0 aliphatic heterocycles. The van der Waals surface area contributed by atoms with E-state index in [4.69, 9.17) is 0 Å². The maximum Gasteiger partial charge on any atom is 0.257 e. The monoisotopic (exact) mass is 340 g/mol. The van der Waals surface area contributed by atoms with E-state index in [1.165, 1.54) is 6.92 Å². The second kappa shape index (κ2) is 6.18. The summed E-state index contributed by atoms with van der Waals surface area (Å²) in [6.45, 7) is 6.61. The van der Waals surface area contributed by atoms with E-state index in [9.17, 15) is 14.7 Å². The highest BCUT2D eigenvalue weighted by molar-refractivity contribution is 6.09. The van der Waals surface area contributed by atoms with Crippen molar-refractivity contribution < 1.29 is 14.7 Å². The molecule has 0 bridgehead atoms. The first-order valence-corrected chi connectivity index (χ1v) is 7.97. The van der Waals surface area contributed by atoms with E-state index in [1.807, 2.05) is 0 Å². The molecular weight excluding hydrogens is 320 g/mol. The lowest BCUT2D eigenvalue weighted by molar-refractivity contribution is 0.101. The van der Waals surface area contributed by atoms with Crippen molar-refractivity contribution in [2.24, 2.45) is 0 Å². The molecule has 7 heteroatoms. The number of ketones is 1. The van der Waals surface area contributed by atoms with Crippen LogP contribution in [0, 0.1) is 13.8 Å². The number of aliphatic hydroxyl groups excluding tert-OH is 1. The Morgan fingerprint density at radius 1 is 1.24 bits per heavy atom. The molecule has 4 N–H and O–H groups in total. The molecule has 130 valence electrons. The van der Waals surface area contributed by atoms with Crippen molar-refractivity contribution in [3.8, 4) is 0 Å². The molecule has 0 radical (unpaired) electrons. The molecule has 1 atom stereocenters. The van der Waals surface area contributed by atoms with E-state index in [0.29, 0.717) is 39.5 Å². The molecule has 25 heavy (non-hydrogen) atoms. The fourth-order valence-corrected chi connectivity index (χ4v) is 2.94. The summed E-state index contributed by atoms with van der Waals surface area (Å²) in [7, 11) is 0. The van der Waals surface area contributed by atoms with Crippen LogP contribution in [0.25, 0.3) is 11.0 Å². The van der Waals surface area contributed by atoms with Gasteiger partial charge in [0.25, 0.3) is 5.91 Å². The molecule has 0 spiro atoms. The number of fused-ring (bicyclic) bond motifs is 1. The summed E-state index contributed by atoms with van der Waals surface area (Å²) in [4.78, 5) is 34.5. The number of aryl methyl sites for hydroxylation is 1. The second-order valence-corrected chi connectivity index (χ2v) is 6.17. The maximum atomic E-state index is 12.6. The minimum absolute atomic E-state index is 0.107. The average Bonchev–Trinajstić information content (AvgIpc) is 3.07. The molecule has 0 aliphatic carbocycles. The molecule has 2 heterocycles. The van der Waals surface area contributed by atoms with Crippen molar-refractivity contribution in [3.63, 3.8) is 0 Å². The first-order chi connectivity index (χ1) is 11.8. The predicted molar refractivity (Wildman–Crippen MR) is 95.0 cm³/mol. The van der Waals surface area contributed by atoms with Gasteiger partial charge < -0.3 is 20.4 Å². The van der Waals surface area contributed by atoms with Crippen LogP contribution in [0.5, 0.6) is 0 Å². The summed E-state index contributed by atoms with van der Waals surface area (Å²) in [6.07, 6.45) is -0.694. The lowest BCUT2D eigenvalue weighted by Gasteiger charge is -2.06. The number of nitrogens with zero attached hydrogens (tertiary/aromatic N) is 1. The van der Waals surface area contributed by atoms with Crippen molar-refractivity contribution in [1.82, 2.24) is 15.0 Å². The van der Waals surface area contributed by atoms with Crippen LogP contribution in [0.1, 0.15) is 57.9 Å². The largest absolute Gasteiger partial charge is 0.385 e. The molecule has 0 fully saturated rings. The highest BCUT2D eigenvalue weighted by Gasteiger charge is 2.20. The van der Waals surface area contributed by atoms with Crippen LogP contribution in [-0.4, -0.2) is 31.7 Å². The number of nitrogens with one attached hydrogen (secondary N) is 3. The normalized spacial score (nSPS) is 12.4. The van der Waals surface area contributed by atoms with Gasteiger partial charge in [-0.25, -0.2) is 4.98 Å². The zero-order valence-corrected chi connectivity index (χ0v) is 14.5. The van der Waals surface area contributed by atoms with Crippen LogP contribution < -0.4 is 5.32 Å². The second-order valence-electron chi connectivity index (χ2n) is 6.17. The number of rotatable bonds is 4. The number of carbonyl (C=O) groups is 2. The highest BCUT2D eigenvalue weighted by atomic mass is 16.3. The van der Waals surface area contributed by atoms with E-state index < -0.39 is 6.10 Å². The Hall–Kier alpha value is -2.93. The molecule has 2 aromatic heterocycles. The molecule has 0 saturated heterocycles. The standard InChI is InChI=1S/C18H20N4O3/c1-8-15(9(2)19-16(8)10(3)23)18(25)20-12-5-6-13-14(7-12)22-17(21-13)11(4)24/h5-7,11,19,24H,1-4H3,(H,20,25)(H,21,22). The quantitative estimate of drug-likeness (QED) is 0.547. The van der Waals surface area contributed by atoms with Gasteiger partial charge in [0.05, 0.1) is 22.3 Å². The summed E-state index contributed by atoms with van der Waals surface area (Å²) in [5.74, 6) is 0.0828. The van der Waals surface area contributed by atoms with E-state index >= 15 is 0 Å². The van der Waals surface area contributed by atoms with Gasteiger partial charge in [-0.15, -0.1) is 0 Å². The topological polar surface area (TPSA) is 111 Å². The lowest BCUT2D eigenvalue weighted by Crippen LogP contribution is -2.13. The number of amides is 1. The Labute approximate surface area is 144 Å². The van der Waals surface area contributed by atoms with Crippen LogP contribution >= 0.6 is 0 Å². The fraction of sp³-hybridized carbons (Fsp3) is 0.278. The number of H-pyrrole nitrogens is 2.